The molecule has 3 nitrogen and oxygen atoms in total. The molecular weight excluding hydrogens is 301 g/mol. The van der Waals surface area contributed by atoms with Crippen LogP contribution in [0.15, 0.2) is 35.8 Å². The Balaban J connectivity index is 1.94. The first-order chi connectivity index (χ1) is 10.0. The van der Waals surface area contributed by atoms with Crippen LogP contribution in [0, 0.1) is 0 Å². The average molecular weight is 314 g/mol. The highest BCUT2D eigenvalue weighted by atomic mass is 32.1. The Hall–Kier alpha value is -1.60. The van der Waals surface area contributed by atoms with E-state index in [2.05, 4.69) is 15.0 Å². The molecule has 0 saturated heterocycles. The van der Waals surface area contributed by atoms with E-state index in [9.17, 15) is 13.2 Å². The van der Waals surface area contributed by atoms with Crippen LogP contribution in [0.3, 0.4) is 0 Å². The fourth-order valence-corrected chi connectivity index (χ4v) is 2.81. The molecule has 1 aliphatic carbocycles. The van der Waals surface area contributed by atoms with Gasteiger partial charge in [0.05, 0.1) is 6.04 Å². The van der Waals surface area contributed by atoms with Crippen molar-refractivity contribution in [2.75, 3.05) is 0 Å². The third-order valence-electron chi connectivity index (χ3n) is 3.13. The molecule has 3 rings (SSSR count). The third kappa shape index (κ3) is 3.74. The zero-order chi connectivity index (χ0) is 14.9. The van der Waals surface area contributed by atoms with Crippen LogP contribution in [0.25, 0.3) is 0 Å². The highest BCUT2D eigenvalue weighted by Gasteiger charge is 2.34. The molecule has 0 aliphatic heterocycles. The van der Waals surface area contributed by atoms with Gasteiger partial charge in [-0.2, -0.15) is 0 Å². The van der Waals surface area contributed by atoms with E-state index in [1.807, 2.05) is 5.38 Å². The lowest BCUT2D eigenvalue weighted by atomic mass is 10.1. The minimum Gasteiger partial charge on any atom is -0.405 e. The summed E-state index contributed by atoms with van der Waals surface area (Å²) in [5.74, 6) is -0.182. The number of ether oxygens (including phenoxy) is 1. The second-order valence-corrected chi connectivity index (χ2v) is 5.76. The van der Waals surface area contributed by atoms with Crippen molar-refractivity contribution in [2.24, 2.45) is 0 Å². The van der Waals surface area contributed by atoms with Crippen molar-refractivity contribution in [1.29, 1.82) is 0 Å². The summed E-state index contributed by atoms with van der Waals surface area (Å²) in [7, 11) is 0. The maximum atomic E-state index is 12.5. The van der Waals surface area contributed by atoms with Crippen molar-refractivity contribution in [3.8, 4) is 5.75 Å². The molecule has 0 bridgehead atoms. The summed E-state index contributed by atoms with van der Waals surface area (Å²) in [6.45, 7) is 0. The predicted molar refractivity (Wildman–Crippen MR) is 73.2 cm³/mol. The van der Waals surface area contributed by atoms with Gasteiger partial charge in [-0.25, -0.2) is 4.98 Å². The minimum atomic E-state index is -4.71. The molecule has 1 atom stereocenters. The number of halogens is 3. The first-order valence-corrected chi connectivity index (χ1v) is 7.41. The van der Waals surface area contributed by atoms with Crippen molar-refractivity contribution in [1.82, 2.24) is 10.3 Å². The Labute approximate surface area is 123 Å². The number of alkyl halides is 3. The van der Waals surface area contributed by atoms with Gasteiger partial charge in [0.1, 0.15) is 10.8 Å². The summed E-state index contributed by atoms with van der Waals surface area (Å²) in [5, 5.41) is 5.88. The Kier molecular flexibility index (Phi) is 3.86. The van der Waals surface area contributed by atoms with E-state index in [1.54, 1.807) is 18.3 Å². The van der Waals surface area contributed by atoms with Crippen LogP contribution in [-0.2, 0) is 0 Å². The number of thiazole rings is 1. The molecule has 7 heteroatoms. The standard InChI is InChI=1S/C14H13F3N2OS/c15-14(16,17)20-11-4-2-1-3-10(11)12(19-9-5-6-9)13-18-7-8-21-13/h1-4,7-9,12,19H,5-6H2. The van der Waals surface area contributed by atoms with E-state index < -0.39 is 6.36 Å². The molecule has 0 spiro atoms. The second kappa shape index (κ2) is 5.65. The van der Waals surface area contributed by atoms with Crippen molar-refractivity contribution in [2.45, 2.75) is 31.3 Å². The molecule has 1 saturated carbocycles. The third-order valence-corrected chi connectivity index (χ3v) is 3.97. The Morgan fingerprint density at radius 3 is 2.67 bits per heavy atom. The topological polar surface area (TPSA) is 34.1 Å². The number of para-hydroxylation sites is 1. The quantitative estimate of drug-likeness (QED) is 0.909. The normalized spacial score (nSPS) is 16.7. The van der Waals surface area contributed by atoms with Gasteiger partial charge in [0.15, 0.2) is 0 Å². The fourth-order valence-electron chi connectivity index (χ4n) is 2.09. The highest BCUT2D eigenvalue weighted by Crippen LogP contribution is 2.36. The molecule has 1 aliphatic rings. The number of rotatable bonds is 5. The van der Waals surface area contributed by atoms with Gasteiger partial charge in [-0.1, -0.05) is 18.2 Å². The number of hydrogen-bond donors (Lipinski definition) is 1. The fraction of sp³-hybridized carbons (Fsp3) is 0.357. The molecule has 0 amide bonds. The number of aromatic nitrogens is 1. The van der Waals surface area contributed by atoms with Gasteiger partial charge in [0, 0.05) is 23.2 Å². The lowest BCUT2D eigenvalue weighted by molar-refractivity contribution is -0.275. The molecule has 1 aromatic carbocycles. The molecule has 1 heterocycles. The SMILES string of the molecule is FC(F)(F)Oc1ccccc1C(NC1CC1)c1nccs1. The van der Waals surface area contributed by atoms with E-state index in [0.29, 0.717) is 11.6 Å². The molecule has 0 radical (unpaired) electrons. The van der Waals surface area contributed by atoms with Gasteiger partial charge < -0.3 is 10.1 Å². The molecule has 112 valence electrons. The van der Waals surface area contributed by atoms with Crippen LogP contribution in [0.1, 0.15) is 29.5 Å². The van der Waals surface area contributed by atoms with Gasteiger partial charge in [0.2, 0.25) is 0 Å². The van der Waals surface area contributed by atoms with Gasteiger partial charge in [-0.15, -0.1) is 24.5 Å². The monoisotopic (exact) mass is 314 g/mol. The summed E-state index contributed by atoms with van der Waals surface area (Å²) in [5.41, 5.74) is 0.455. The zero-order valence-corrected chi connectivity index (χ0v) is 11.7. The minimum absolute atomic E-state index is 0.182. The van der Waals surface area contributed by atoms with Gasteiger partial charge in [0.25, 0.3) is 0 Å². The summed E-state index contributed by atoms with van der Waals surface area (Å²) < 4.78 is 41.8. The molecule has 1 fully saturated rings. The largest absolute Gasteiger partial charge is 0.573 e. The van der Waals surface area contributed by atoms with Crippen LogP contribution < -0.4 is 10.1 Å². The summed E-state index contributed by atoms with van der Waals surface area (Å²) in [4.78, 5) is 4.23. The lowest BCUT2D eigenvalue weighted by Gasteiger charge is -2.20. The molecule has 1 unspecified atom stereocenters. The zero-order valence-electron chi connectivity index (χ0n) is 10.9. The van der Waals surface area contributed by atoms with Crippen LogP contribution >= 0.6 is 11.3 Å². The number of benzene rings is 1. The lowest BCUT2D eigenvalue weighted by Crippen LogP contribution is -2.26. The van der Waals surface area contributed by atoms with E-state index >= 15 is 0 Å². The highest BCUT2D eigenvalue weighted by molar-refractivity contribution is 7.09. The maximum Gasteiger partial charge on any atom is 0.573 e. The summed E-state index contributed by atoms with van der Waals surface area (Å²) >= 11 is 1.41. The molecular formula is C14H13F3N2OS. The average Bonchev–Trinajstić information content (AvgIpc) is 3.07. The van der Waals surface area contributed by atoms with Crippen molar-refractivity contribution in [3.63, 3.8) is 0 Å². The van der Waals surface area contributed by atoms with Crippen LogP contribution in [0.2, 0.25) is 0 Å². The smallest absolute Gasteiger partial charge is 0.405 e. The van der Waals surface area contributed by atoms with Crippen LogP contribution in [0.5, 0.6) is 5.75 Å². The van der Waals surface area contributed by atoms with E-state index in [1.165, 1.54) is 23.5 Å². The van der Waals surface area contributed by atoms with Crippen LogP contribution in [0.4, 0.5) is 13.2 Å². The van der Waals surface area contributed by atoms with Gasteiger partial charge in [-0.05, 0) is 18.9 Å². The molecule has 1 N–H and O–H groups in total. The Morgan fingerprint density at radius 1 is 1.29 bits per heavy atom. The molecule has 1 aromatic heterocycles. The summed E-state index contributed by atoms with van der Waals surface area (Å²) in [6.07, 6.45) is -0.994. The van der Waals surface area contributed by atoms with Gasteiger partial charge >= 0.3 is 6.36 Å². The van der Waals surface area contributed by atoms with Crippen molar-refractivity contribution < 1.29 is 17.9 Å². The first kappa shape index (κ1) is 14.3. The number of nitrogens with one attached hydrogen (secondary N) is 1. The maximum absolute atomic E-state index is 12.5. The predicted octanol–water partition coefficient (Wildman–Crippen LogP) is 3.88. The van der Waals surface area contributed by atoms with Crippen LogP contribution in [-0.4, -0.2) is 17.4 Å². The Bertz CT molecular complexity index is 597. The molecule has 2 aromatic rings. The Morgan fingerprint density at radius 2 is 2.05 bits per heavy atom. The summed E-state index contributed by atoms with van der Waals surface area (Å²) in [6, 6.07) is 6.16. The molecule has 21 heavy (non-hydrogen) atoms. The number of hydrogen-bond acceptors (Lipinski definition) is 4. The van der Waals surface area contributed by atoms with E-state index in [4.69, 9.17) is 0 Å². The first-order valence-electron chi connectivity index (χ1n) is 6.53. The second-order valence-electron chi connectivity index (χ2n) is 4.83. The van der Waals surface area contributed by atoms with Crippen molar-refractivity contribution in [3.05, 3.63) is 46.4 Å². The number of nitrogens with zero attached hydrogens (tertiary/aromatic N) is 1. The van der Waals surface area contributed by atoms with E-state index in [-0.39, 0.29) is 11.8 Å². The van der Waals surface area contributed by atoms with Gasteiger partial charge in [-0.3, -0.25) is 0 Å². The van der Waals surface area contributed by atoms with E-state index in [0.717, 1.165) is 17.8 Å². The van der Waals surface area contributed by atoms with Crippen molar-refractivity contribution >= 4 is 11.3 Å².